The molecule has 130 valence electrons. The Labute approximate surface area is 147 Å². The van der Waals surface area contributed by atoms with Crippen molar-refractivity contribution in [1.29, 1.82) is 5.26 Å². The summed E-state index contributed by atoms with van der Waals surface area (Å²) in [6, 6.07) is 0.809. The zero-order valence-electron chi connectivity index (χ0n) is 14.9. The number of hydrogen-bond acceptors (Lipinski definition) is 3. The van der Waals surface area contributed by atoms with Crippen molar-refractivity contribution in [3.8, 4) is 5.40 Å². The average Bonchev–Trinajstić information content (AvgIpc) is 2.58. The van der Waals surface area contributed by atoms with Crippen LogP contribution in [0.3, 0.4) is 0 Å². The van der Waals surface area contributed by atoms with Crippen molar-refractivity contribution in [3.63, 3.8) is 0 Å². The monoisotopic (exact) mass is 334 g/mol. The van der Waals surface area contributed by atoms with Gasteiger partial charge in [0.05, 0.1) is 0 Å². The summed E-state index contributed by atoms with van der Waals surface area (Å²) in [5, 5.41) is 12.0. The van der Waals surface area contributed by atoms with Crippen LogP contribution in [-0.4, -0.2) is 28.3 Å². The highest BCUT2D eigenvalue weighted by Crippen LogP contribution is 2.52. The second-order valence-electron chi connectivity index (χ2n) is 8.15. The Hall–Kier alpha value is -0.200. The van der Waals surface area contributed by atoms with Crippen LogP contribution in [0.1, 0.15) is 90.4 Å². The number of unbranched alkanes of at least 4 members (excludes halogenated alkanes) is 3. The van der Waals surface area contributed by atoms with E-state index in [9.17, 15) is 0 Å². The highest BCUT2D eigenvalue weighted by molar-refractivity contribution is 8.04. The van der Waals surface area contributed by atoms with Crippen molar-refractivity contribution in [2.24, 2.45) is 5.92 Å². The van der Waals surface area contributed by atoms with Gasteiger partial charge in [-0.2, -0.15) is 5.26 Å². The van der Waals surface area contributed by atoms with Gasteiger partial charge in [0.15, 0.2) is 0 Å². The van der Waals surface area contributed by atoms with Crippen LogP contribution in [-0.2, 0) is 0 Å². The normalized spacial score (nSPS) is 37.7. The van der Waals surface area contributed by atoms with Crippen molar-refractivity contribution in [2.45, 2.75) is 107 Å². The fourth-order valence-electron chi connectivity index (χ4n) is 5.80. The molecule has 1 spiro atoms. The van der Waals surface area contributed by atoms with Gasteiger partial charge in [0.2, 0.25) is 0 Å². The molecule has 0 amide bonds. The molecule has 1 aliphatic carbocycles. The molecule has 0 aromatic carbocycles. The number of thioether (sulfide) groups is 1. The SMILES string of the molecule is CCCCCC[C@@H]1CC[C@H]2CCCC[C@@]23CC[C@H](SC#N)CN13. The largest absolute Gasteiger partial charge is 0.293 e. The molecule has 0 aromatic heterocycles. The van der Waals surface area contributed by atoms with Gasteiger partial charge in [0, 0.05) is 23.4 Å². The van der Waals surface area contributed by atoms with Crippen LogP contribution in [0.4, 0.5) is 0 Å². The van der Waals surface area contributed by atoms with E-state index in [0.29, 0.717) is 10.8 Å². The van der Waals surface area contributed by atoms with Crippen LogP contribution in [0, 0.1) is 16.6 Å². The number of thiocyanates is 1. The molecule has 3 heteroatoms. The van der Waals surface area contributed by atoms with Gasteiger partial charge in [-0.1, -0.05) is 45.4 Å². The van der Waals surface area contributed by atoms with Gasteiger partial charge < -0.3 is 0 Å². The Morgan fingerprint density at radius 1 is 1.09 bits per heavy atom. The van der Waals surface area contributed by atoms with E-state index >= 15 is 0 Å². The first kappa shape index (κ1) is 17.6. The van der Waals surface area contributed by atoms with E-state index in [2.05, 4.69) is 17.2 Å². The smallest absolute Gasteiger partial charge is 0.133 e. The van der Waals surface area contributed by atoms with E-state index in [1.165, 1.54) is 90.0 Å². The van der Waals surface area contributed by atoms with E-state index in [1.54, 1.807) is 11.8 Å². The van der Waals surface area contributed by atoms with E-state index in [4.69, 9.17) is 5.26 Å². The van der Waals surface area contributed by atoms with Gasteiger partial charge in [-0.25, -0.2) is 0 Å². The Kier molecular flexibility index (Phi) is 6.32. The molecule has 0 unspecified atom stereocenters. The molecule has 2 saturated heterocycles. The van der Waals surface area contributed by atoms with Crippen molar-refractivity contribution >= 4 is 11.8 Å². The minimum Gasteiger partial charge on any atom is -0.293 e. The van der Waals surface area contributed by atoms with Crippen LogP contribution in [0.5, 0.6) is 0 Å². The fourth-order valence-corrected chi connectivity index (χ4v) is 6.42. The quantitative estimate of drug-likeness (QED) is 0.458. The maximum Gasteiger partial charge on any atom is 0.133 e. The standard InChI is InChI=1S/C20H34N2S/c1-2-3-4-5-9-18-11-10-17-8-6-7-13-20(17)14-12-19(23-16-21)15-22(18)20/h17-19H,2-15H2,1H3/t17-,18-,19+,20-/m1/s1. The molecule has 3 fully saturated rings. The number of piperidine rings is 2. The summed E-state index contributed by atoms with van der Waals surface area (Å²) in [5.41, 5.74) is 0.526. The zero-order chi connectivity index (χ0) is 16.1. The molecule has 1 saturated carbocycles. The summed E-state index contributed by atoms with van der Waals surface area (Å²) in [6.45, 7) is 3.49. The minimum absolute atomic E-state index is 0.526. The van der Waals surface area contributed by atoms with E-state index in [-0.39, 0.29) is 0 Å². The molecular formula is C20H34N2S. The average molecular weight is 335 g/mol. The van der Waals surface area contributed by atoms with Gasteiger partial charge in [0.25, 0.3) is 0 Å². The third-order valence-electron chi connectivity index (χ3n) is 6.94. The Morgan fingerprint density at radius 2 is 2.00 bits per heavy atom. The van der Waals surface area contributed by atoms with E-state index in [1.807, 2.05) is 0 Å². The predicted molar refractivity (Wildman–Crippen MR) is 99.4 cm³/mol. The summed E-state index contributed by atoms with van der Waals surface area (Å²) in [5.74, 6) is 0.955. The fraction of sp³-hybridized carbons (Fsp3) is 0.950. The second-order valence-corrected chi connectivity index (χ2v) is 9.23. The Bertz CT molecular complexity index is 418. The van der Waals surface area contributed by atoms with Gasteiger partial charge >= 0.3 is 0 Å². The summed E-state index contributed by atoms with van der Waals surface area (Å²) >= 11 is 1.54. The Morgan fingerprint density at radius 3 is 2.83 bits per heavy atom. The molecule has 2 heterocycles. The first-order valence-corrected chi connectivity index (χ1v) is 11.0. The summed E-state index contributed by atoms with van der Waals surface area (Å²) < 4.78 is 0. The van der Waals surface area contributed by atoms with Gasteiger partial charge in [-0.05, 0) is 62.6 Å². The van der Waals surface area contributed by atoms with Crippen molar-refractivity contribution < 1.29 is 0 Å². The molecule has 23 heavy (non-hydrogen) atoms. The molecule has 0 radical (unpaired) electrons. The zero-order valence-corrected chi connectivity index (χ0v) is 15.8. The Balaban J connectivity index is 1.70. The molecule has 0 aromatic rings. The third-order valence-corrected chi connectivity index (χ3v) is 7.77. The van der Waals surface area contributed by atoms with Crippen LogP contribution in [0.2, 0.25) is 0 Å². The van der Waals surface area contributed by atoms with Crippen molar-refractivity contribution in [1.82, 2.24) is 4.90 Å². The minimum atomic E-state index is 0.526. The third kappa shape index (κ3) is 3.74. The number of rotatable bonds is 6. The lowest BCUT2D eigenvalue weighted by molar-refractivity contribution is -0.0926. The first-order valence-electron chi connectivity index (χ1n) is 10.1. The topological polar surface area (TPSA) is 27.0 Å². The lowest BCUT2D eigenvalue weighted by Crippen LogP contribution is -2.65. The highest BCUT2D eigenvalue weighted by Gasteiger charge is 2.52. The molecule has 0 bridgehead atoms. The van der Waals surface area contributed by atoms with Gasteiger partial charge in [-0.3, -0.25) is 4.90 Å². The number of nitriles is 1. The summed E-state index contributed by atoms with van der Waals surface area (Å²) in [7, 11) is 0. The molecule has 3 aliphatic rings. The molecule has 3 rings (SSSR count). The molecular weight excluding hydrogens is 300 g/mol. The van der Waals surface area contributed by atoms with Crippen LogP contribution >= 0.6 is 11.8 Å². The molecule has 4 atom stereocenters. The second kappa shape index (κ2) is 8.26. The van der Waals surface area contributed by atoms with E-state index < -0.39 is 0 Å². The maximum atomic E-state index is 9.11. The van der Waals surface area contributed by atoms with Crippen molar-refractivity contribution in [2.75, 3.05) is 6.54 Å². The molecule has 0 N–H and O–H groups in total. The lowest BCUT2D eigenvalue weighted by Gasteiger charge is -2.61. The highest BCUT2D eigenvalue weighted by atomic mass is 32.2. The van der Waals surface area contributed by atoms with Gasteiger partial charge in [-0.15, -0.1) is 0 Å². The predicted octanol–water partition coefficient (Wildman–Crippen LogP) is 5.73. The van der Waals surface area contributed by atoms with E-state index in [0.717, 1.165) is 12.0 Å². The summed E-state index contributed by atoms with van der Waals surface area (Å²) in [6.07, 6.45) is 18.3. The number of hydrogen-bond donors (Lipinski definition) is 0. The molecule has 2 nitrogen and oxygen atoms in total. The first-order chi connectivity index (χ1) is 11.3. The van der Waals surface area contributed by atoms with Crippen LogP contribution in [0.15, 0.2) is 0 Å². The van der Waals surface area contributed by atoms with Crippen LogP contribution < -0.4 is 0 Å². The van der Waals surface area contributed by atoms with Crippen LogP contribution in [0.25, 0.3) is 0 Å². The lowest BCUT2D eigenvalue weighted by atomic mass is 9.62. The van der Waals surface area contributed by atoms with Gasteiger partial charge in [0.1, 0.15) is 5.40 Å². The summed E-state index contributed by atoms with van der Waals surface area (Å²) in [4.78, 5) is 2.95. The number of nitrogens with zero attached hydrogens (tertiary/aromatic N) is 2. The maximum absolute atomic E-state index is 9.11. The van der Waals surface area contributed by atoms with Crippen molar-refractivity contribution in [3.05, 3.63) is 0 Å². The molecule has 2 aliphatic heterocycles.